The first-order valence-corrected chi connectivity index (χ1v) is 4.01. The molecule has 1 rings (SSSR count). The van der Waals surface area contributed by atoms with Gasteiger partial charge in [0.1, 0.15) is 5.82 Å². The number of halogens is 1. The molecule has 0 fully saturated rings. The van der Waals surface area contributed by atoms with E-state index in [1.54, 1.807) is 6.92 Å². The van der Waals surface area contributed by atoms with Gasteiger partial charge in [-0.05, 0) is 31.6 Å². The van der Waals surface area contributed by atoms with E-state index in [1.807, 2.05) is 0 Å². The number of hydrogen-bond donors (Lipinski definition) is 2. The van der Waals surface area contributed by atoms with Crippen molar-refractivity contribution < 1.29 is 13.6 Å². The van der Waals surface area contributed by atoms with Crippen molar-refractivity contribution in [1.82, 2.24) is 5.32 Å². The van der Waals surface area contributed by atoms with Crippen molar-refractivity contribution >= 4 is 0 Å². The van der Waals surface area contributed by atoms with E-state index in [0.29, 0.717) is 5.56 Å². The van der Waals surface area contributed by atoms with E-state index in [-0.39, 0.29) is 0 Å². The predicted octanol–water partition coefficient (Wildman–Crippen LogP) is 1.47. The smallest absolute Gasteiger partial charge is 0.123 e. The summed E-state index contributed by atoms with van der Waals surface area (Å²) in [6, 6.07) is 4.66. The second kappa shape index (κ2) is 4.35. The summed E-state index contributed by atoms with van der Waals surface area (Å²) < 4.78 is 33.6. The molecule has 0 aliphatic heterocycles. The molecule has 2 nitrogen and oxygen atoms in total. The summed E-state index contributed by atoms with van der Waals surface area (Å²) >= 11 is 0. The van der Waals surface area contributed by atoms with Gasteiger partial charge in [0.15, 0.2) is 0 Å². The zero-order valence-corrected chi connectivity index (χ0v) is 7.29. The minimum Gasteiger partial charge on any atom is -0.387 e. The molecule has 2 N–H and O–H groups in total. The van der Waals surface area contributed by atoms with Gasteiger partial charge in [-0.15, -0.1) is 0 Å². The standard InChI is InChI=1S/C10H14FNO/c1-7(12-2)10(13)8-3-5-9(11)6-4-8/h3-7,10,12-13H,1-2H3/i2D3. The topological polar surface area (TPSA) is 32.3 Å². The van der Waals surface area contributed by atoms with Crippen LogP contribution in [0.1, 0.15) is 22.7 Å². The normalized spacial score (nSPS) is 19.8. The minimum atomic E-state index is -2.31. The number of hydrogen-bond acceptors (Lipinski definition) is 2. The van der Waals surface area contributed by atoms with Crippen LogP contribution in [0.15, 0.2) is 24.3 Å². The Morgan fingerprint density at radius 1 is 1.46 bits per heavy atom. The van der Waals surface area contributed by atoms with Gasteiger partial charge < -0.3 is 10.4 Å². The van der Waals surface area contributed by atoms with E-state index in [2.05, 4.69) is 5.32 Å². The molecule has 0 spiro atoms. The first-order chi connectivity index (χ1) is 7.29. The molecule has 3 heteroatoms. The SMILES string of the molecule is [2H]C([2H])([2H])NC(C)C(O)c1ccc(F)cc1. The molecular formula is C10H14FNO. The third-order valence-corrected chi connectivity index (χ3v) is 1.91. The second-order valence-corrected chi connectivity index (χ2v) is 2.93. The molecule has 72 valence electrons. The maximum absolute atomic E-state index is 12.6. The van der Waals surface area contributed by atoms with Gasteiger partial charge in [0.25, 0.3) is 0 Å². The van der Waals surface area contributed by atoms with Crippen LogP contribution in [0.25, 0.3) is 0 Å². The van der Waals surface area contributed by atoms with E-state index in [0.717, 1.165) is 0 Å². The van der Waals surface area contributed by atoms with Crippen LogP contribution < -0.4 is 5.32 Å². The zero-order valence-electron chi connectivity index (χ0n) is 10.3. The number of nitrogens with one attached hydrogen (secondary N) is 1. The van der Waals surface area contributed by atoms with Gasteiger partial charge in [-0.2, -0.15) is 0 Å². The fraction of sp³-hybridized carbons (Fsp3) is 0.400. The summed E-state index contributed by atoms with van der Waals surface area (Å²) in [5, 5.41) is 12.1. The summed E-state index contributed by atoms with van der Waals surface area (Å²) in [6.45, 7) is -0.749. The molecule has 2 atom stereocenters. The molecule has 0 heterocycles. The van der Waals surface area contributed by atoms with Crippen LogP contribution in [0.3, 0.4) is 0 Å². The van der Waals surface area contributed by atoms with Gasteiger partial charge in [-0.1, -0.05) is 12.1 Å². The fourth-order valence-electron chi connectivity index (χ4n) is 1.03. The van der Waals surface area contributed by atoms with Crippen molar-refractivity contribution in [2.45, 2.75) is 19.1 Å². The average Bonchev–Trinajstić information content (AvgIpc) is 2.15. The summed E-state index contributed by atoms with van der Waals surface area (Å²) in [5.41, 5.74) is 0.477. The lowest BCUT2D eigenvalue weighted by Gasteiger charge is -2.18. The number of likely N-dealkylation sites (N-methyl/N-ethyl adjacent to an activating group) is 1. The van der Waals surface area contributed by atoms with Crippen molar-refractivity contribution in [3.63, 3.8) is 0 Å². The molecule has 0 aliphatic rings. The highest BCUT2D eigenvalue weighted by atomic mass is 19.1. The molecule has 0 amide bonds. The van der Waals surface area contributed by atoms with Crippen LogP contribution in [0, 0.1) is 5.82 Å². The zero-order chi connectivity index (χ0) is 12.3. The Hall–Kier alpha value is -0.930. The van der Waals surface area contributed by atoms with Crippen molar-refractivity contribution in [3.8, 4) is 0 Å². The Morgan fingerprint density at radius 3 is 2.62 bits per heavy atom. The quantitative estimate of drug-likeness (QED) is 0.749. The Kier molecular flexibility index (Phi) is 2.18. The maximum atomic E-state index is 12.6. The number of aliphatic hydroxyl groups is 1. The molecule has 0 bridgehead atoms. The first kappa shape index (κ1) is 6.51. The van der Waals surface area contributed by atoms with Gasteiger partial charge in [-0.25, -0.2) is 4.39 Å². The Labute approximate surface area is 81.6 Å². The molecule has 0 saturated heterocycles. The van der Waals surface area contributed by atoms with Gasteiger partial charge >= 0.3 is 0 Å². The van der Waals surface area contributed by atoms with Crippen molar-refractivity contribution in [2.24, 2.45) is 0 Å². The van der Waals surface area contributed by atoms with Gasteiger partial charge in [0.2, 0.25) is 0 Å². The molecule has 0 radical (unpaired) electrons. The molecule has 1 aromatic rings. The molecule has 1 aromatic carbocycles. The van der Waals surface area contributed by atoms with Crippen LogP contribution in [-0.2, 0) is 0 Å². The molecule has 0 aliphatic carbocycles. The summed E-state index contributed by atoms with van der Waals surface area (Å²) in [6.07, 6.45) is -0.985. The maximum Gasteiger partial charge on any atom is 0.123 e. The number of rotatable bonds is 3. The molecule has 13 heavy (non-hydrogen) atoms. The second-order valence-electron chi connectivity index (χ2n) is 2.93. The third-order valence-electron chi connectivity index (χ3n) is 1.91. The van der Waals surface area contributed by atoms with Crippen LogP contribution in [0.5, 0.6) is 0 Å². The van der Waals surface area contributed by atoms with Crippen LogP contribution in [0.4, 0.5) is 4.39 Å². The fourth-order valence-corrected chi connectivity index (χ4v) is 1.03. The first-order valence-electron chi connectivity index (χ1n) is 5.51. The lowest BCUT2D eigenvalue weighted by molar-refractivity contribution is 0.140. The van der Waals surface area contributed by atoms with Crippen molar-refractivity contribution in [3.05, 3.63) is 35.6 Å². The van der Waals surface area contributed by atoms with E-state index < -0.39 is 24.9 Å². The highest BCUT2D eigenvalue weighted by Gasteiger charge is 2.13. The van der Waals surface area contributed by atoms with Crippen LogP contribution in [0.2, 0.25) is 0 Å². The van der Waals surface area contributed by atoms with Crippen molar-refractivity contribution in [1.29, 1.82) is 0 Å². The molecule has 0 aromatic heterocycles. The van der Waals surface area contributed by atoms with Gasteiger partial charge in [0.05, 0.1) is 6.10 Å². The Balaban J connectivity index is 2.70. The lowest BCUT2D eigenvalue weighted by atomic mass is 10.0. The summed E-state index contributed by atoms with van der Waals surface area (Å²) in [5.74, 6) is -0.396. The van der Waals surface area contributed by atoms with Crippen LogP contribution in [-0.4, -0.2) is 18.1 Å². The Bertz CT molecular complexity index is 339. The minimum absolute atomic E-state index is 0.396. The lowest BCUT2D eigenvalue weighted by Crippen LogP contribution is -2.28. The van der Waals surface area contributed by atoms with E-state index >= 15 is 0 Å². The van der Waals surface area contributed by atoms with Crippen molar-refractivity contribution in [2.75, 3.05) is 6.98 Å². The molecular weight excluding hydrogens is 169 g/mol. The Morgan fingerprint density at radius 2 is 2.08 bits per heavy atom. The summed E-state index contributed by atoms with van der Waals surface area (Å²) in [4.78, 5) is 0. The molecule has 2 unspecified atom stereocenters. The number of aliphatic hydroxyl groups excluding tert-OH is 1. The third kappa shape index (κ3) is 2.50. The summed E-state index contributed by atoms with van der Waals surface area (Å²) in [7, 11) is 0. The van der Waals surface area contributed by atoms with Gasteiger partial charge in [-0.3, -0.25) is 0 Å². The number of benzene rings is 1. The van der Waals surface area contributed by atoms with E-state index in [9.17, 15) is 9.50 Å². The van der Waals surface area contributed by atoms with E-state index in [4.69, 9.17) is 4.11 Å². The largest absolute Gasteiger partial charge is 0.387 e. The predicted molar refractivity (Wildman–Crippen MR) is 49.9 cm³/mol. The monoisotopic (exact) mass is 186 g/mol. The van der Waals surface area contributed by atoms with E-state index in [1.165, 1.54) is 24.3 Å². The van der Waals surface area contributed by atoms with Gasteiger partial charge in [0, 0.05) is 10.2 Å². The molecule has 0 saturated carbocycles. The average molecular weight is 186 g/mol. The highest BCUT2D eigenvalue weighted by molar-refractivity contribution is 5.19. The van der Waals surface area contributed by atoms with Crippen LogP contribution >= 0.6 is 0 Å². The highest BCUT2D eigenvalue weighted by Crippen LogP contribution is 2.16.